The Morgan fingerprint density at radius 1 is 0.882 bits per heavy atom. The van der Waals surface area contributed by atoms with Gasteiger partial charge in [0.25, 0.3) is 0 Å². The van der Waals surface area contributed by atoms with Crippen molar-refractivity contribution in [1.29, 1.82) is 0 Å². The molecule has 0 atom stereocenters. The molecule has 0 aromatic carbocycles. The first-order valence-corrected chi connectivity index (χ1v) is 7.55. The monoisotopic (exact) mass is 236 g/mol. The summed E-state index contributed by atoms with van der Waals surface area (Å²) in [5.74, 6) is 3.20. The minimum absolute atomic E-state index is 0.598. The molecule has 2 fully saturated rings. The Morgan fingerprint density at radius 3 is 1.65 bits per heavy atom. The molecule has 2 aliphatic rings. The van der Waals surface area contributed by atoms with Crippen LogP contribution in [0.15, 0.2) is 4.99 Å². The fraction of sp³-hybridized carbons (Fsp3) is 0.933. The van der Waals surface area contributed by atoms with Crippen LogP contribution in [0.3, 0.4) is 0 Å². The summed E-state index contributed by atoms with van der Waals surface area (Å²) in [5, 5.41) is 0. The van der Waals surface area contributed by atoms with Crippen molar-refractivity contribution in [2.75, 3.05) is 7.05 Å². The fourth-order valence-corrected chi connectivity index (χ4v) is 4.00. The second-order valence-electron chi connectivity index (χ2n) is 5.97. The Labute approximate surface area is 106 Å². The molecule has 0 aliphatic heterocycles. The molecule has 0 unspecified atom stereocenters. The first kappa shape index (κ1) is 12.9. The third-order valence-corrected chi connectivity index (χ3v) is 4.92. The molecule has 0 aromatic heterocycles. The number of hydrogen-bond donors (Lipinski definition) is 1. The quantitative estimate of drug-likeness (QED) is 0.588. The van der Waals surface area contributed by atoms with Gasteiger partial charge >= 0.3 is 0 Å². The van der Waals surface area contributed by atoms with E-state index >= 15 is 0 Å². The Bertz CT molecular complexity index is 230. The molecule has 0 bridgehead atoms. The van der Waals surface area contributed by atoms with Gasteiger partial charge in [0.1, 0.15) is 0 Å². The van der Waals surface area contributed by atoms with Crippen LogP contribution >= 0.6 is 0 Å². The molecule has 17 heavy (non-hydrogen) atoms. The van der Waals surface area contributed by atoms with E-state index in [9.17, 15) is 0 Å². The fourth-order valence-electron chi connectivity index (χ4n) is 4.00. The standard InChI is InChI=1S/C15H28N2/c1-17-15(16)14(12-8-4-2-5-9-12)13-10-6-3-7-11-13/h12-14H,2-11H2,1H3,(H2,16,17). The van der Waals surface area contributed by atoms with Crippen LogP contribution in [0, 0.1) is 17.8 Å². The van der Waals surface area contributed by atoms with Crippen molar-refractivity contribution in [3.8, 4) is 0 Å². The van der Waals surface area contributed by atoms with Gasteiger partial charge in [-0.25, -0.2) is 0 Å². The van der Waals surface area contributed by atoms with Crippen LogP contribution in [-0.4, -0.2) is 12.9 Å². The van der Waals surface area contributed by atoms with Crippen molar-refractivity contribution in [2.45, 2.75) is 64.2 Å². The zero-order chi connectivity index (χ0) is 12.1. The molecule has 0 radical (unpaired) electrons. The molecule has 2 nitrogen and oxygen atoms in total. The van der Waals surface area contributed by atoms with Crippen molar-refractivity contribution < 1.29 is 0 Å². The first-order chi connectivity index (χ1) is 8.33. The Hall–Kier alpha value is -0.530. The van der Waals surface area contributed by atoms with E-state index in [1.54, 1.807) is 0 Å². The maximum atomic E-state index is 6.23. The highest BCUT2D eigenvalue weighted by Crippen LogP contribution is 2.39. The summed E-state index contributed by atoms with van der Waals surface area (Å²) in [6, 6.07) is 0. The van der Waals surface area contributed by atoms with Crippen LogP contribution in [0.5, 0.6) is 0 Å². The van der Waals surface area contributed by atoms with Gasteiger partial charge in [-0.05, 0) is 37.5 Å². The summed E-state index contributed by atoms with van der Waals surface area (Å²) in [4.78, 5) is 4.33. The van der Waals surface area contributed by atoms with Gasteiger partial charge in [-0.1, -0.05) is 38.5 Å². The molecular weight excluding hydrogens is 208 g/mol. The second-order valence-corrected chi connectivity index (χ2v) is 5.97. The Balaban J connectivity index is 2.05. The van der Waals surface area contributed by atoms with Crippen molar-refractivity contribution in [1.82, 2.24) is 0 Å². The largest absolute Gasteiger partial charge is 0.387 e. The predicted octanol–water partition coefficient (Wildman–Crippen LogP) is 3.75. The number of rotatable bonds is 3. The summed E-state index contributed by atoms with van der Waals surface area (Å²) < 4.78 is 0. The highest BCUT2D eigenvalue weighted by Gasteiger charge is 2.33. The maximum absolute atomic E-state index is 6.23. The molecule has 2 rings (SSSR count). The lowest BCUT2D eigenvalue weighted by Gasteiger charge is -2.37. The lowest BCUT2D eigenvalue weighted by atomic mass is 9.69. The number of nitrogens with two attached hydrogens (primary N) is 1. The van der Waals surface area contributed by atoms with E-state index in [0.29, 0.717) is 5.92 Å². The molecule has 0 amide bonds. The molecule has 98 valence electrons. The van der Waals surface area contributed by atoms with Crippen LogP contribution in [0.2, 0.25) is 0 Å². The summed E-state index contributed by atoms with van der Waals surface area (Å²) in [6.07, 6.45) is 14.0. The van der Waals surface area contributed by atoms with Gasteiger partial charge < -0.3 is 5.73 Å². The molecule has 0 spiro atoms. The minimum atomic E-state index is 0.598. The average molecular weight is 236 g/mol. The van der Waals surface area contributed by atoms with E-state index in [1.807, 2.05) is 7.05 Å². The topological polar surface area (TPSA) is 38.4 Å². The van der Waals surface area contributed by atoms with E-state index in [-0.39, 0.29) is 0 Å². The number of amidine groups is 1. The highest BCUT2D eigenvalue weighted by atomic mass is 14.8. The highest BCUT2D eigenvalue weighted by molar-refractivity contribution is 5.83. The number of nitrogens with zero attached hydrogens (tertiary/aromatic N) is 1. The molecule has 2 saturated carbocycles. The van der Waals surface area contributed by atoms with Gasteiger partial charge in [0.15, 0.2) is 0 Å². The number of aliphatic imine (C=N–C) groups is 1. The van der Waals surface area contributed by atoms with E-state index in [2.05, 4.69) is 4.99 Å². The molecule has 2 aliphatic carbocycles. The SMILES string of the molecule is CN=C(N)C(C1CCCCC1)C1CCCCC1. The molecule has 0 heterocycles. The summed E-state index contributed by atoms with van der Waals surface area (Å²) in [5.41, 5.74) is 6.23. The zero-order valence-corrected chi connectivity index (χ0v) is 11.3. The van der Waals surface area contributed by atoms with Crippen LogP contribution in [0.1, 0.15) is 64.2 Å². The van der Waals surface area contributed by atoms with Crippen molar-refractivity contribution in [3.05, 3.63) is 0 Å². The van der Waals surface area contributed by atoms with E-state index in [1.165, 1.54) is 64.2 Å². The molecule has 0 aromatic rings. The average Bonchev–Trinajstić information content (AvgIpc) is 2.41. The zero-order valence-electron chi connectivity index (χ0n) is 11.3. The third kappa shape index (κ3) is 3.23. The van der Waals surface area contributed by atoms with Crippen LogP contribution in [-0.2, 0) is 0 Å². The van der Waals surface area contributed by atoms with Gasteiger partial charge in [0, 0.05) is 13.0 Å². The van der Waals surface area contributed by atoms with Crippen molar-refractivity contribution in [3.63, 3.8) is 0 Å². The molecule has 0 saturated heterocycles. The van der Waals surface area contributed by atoms with Crippen molar-refractivity contribution >= 4 is 5.84 Å². The predicted molar refractivity (Wildman–Crippen MR) is 74.2 cm³/mol. The molecular formula is C15H28N2. The van der Waals surface area contributed by atoms with Crippen molar-refractivity contribution in [2.24, 2.45) is 28.5 Å². The minimum Gasteiger partial charge on any atom is -0.387 e. The normalized spacial score (nSPS) is 25.4. The summed E-state index contributed by atoms with van der Waals surface area (Å²) >= 11 is 0. The van der Waals surface area contributed by atoms with E-state index in [4.69, 9.17) is 5.73 Å². The van der Waals surface area contributed by atoms with Crippen LogP contribution < -0.4 is 5.73 Å². The lowest BCUT2D eigenvalue weighted by molar-refractivity contribution is 0.194. The summed E-state index contributed by atoms with van der Waals surface area (Å²) in [7, 11) is 1.87. The van der Waals surface area contributed by atoms with Crippen LogP contribution in [0.4, 0.5) is 0 Å². The Morgan fingerprint density at radius 2 is 1.29 bits per heavy atom. The third-order valence-electron chi connectivity index (χ3n) is 4.92. The smallest absolute Gasteiger partial charge is 0.0970 e. The second kappa shape index (κ2) is 6.42. The maximum Gasteiger partial charge on any atom is 0.0970 e. The van der Waals surface area contributed by atoms with E-state index in [0.717, 1.165) is 17.7 Å². The summed E-state index contributed by atoms with van der Waals surface area (Å²) in [6.45, 7) is 0. The Kier molecular flexibility index (Phi) is 4.87. The number of hydrogen-bond acceptors (Lipinski definition) is 1. The van der Waals surface area contributed by atoms with Gasteiger partial charge in [-0.15, -0.1) is 0 Å². The van der Waals surface area contributed by atoms with Gasteiger partial charge in [-0.2, -0.15) is 0 Å². The van der Waals surface area contributed by atoms with Crippen LogP contribution in [0.25, 0.3) is 0 Å². The lowest BCUT2D eigenvalue weighted by Crippen LogP contribution is -2.37. The van der Waals surface area contributed by atoms with Gasteiger partial charge in [0.05, 0.1) is 5.84 Å². The first-order valence-electron chi connectivity index (χ1n) is 7.55. The van der Waals surface area contributed by atoms with Gasteiger partial charge in [0.2, 0.25) is 0 Å². The molecule has 2 N–H and O–H groups in total. The molecule has 2 heteroatoms. The van der Waals surface area contributed by atoms with Gasteiger partial charge in [-0.3, -0.25) is 4.99 Å². The van der Waals surface area contributed by atoms with E-state index < -0.39 is 0 Å².